The highest BCUT2D eigenvalue weighted by Gasteiger charge is 2.18. The number of carboxylic acid groups (broad SMARTS) is 2. The summed E-state index contributed by atoms with van der Waals surface area (Å²) in [6.45, 7) is 3.54. The number of aliphatic hydroxyl groups is 2. The van der Waals surface area contributed by atoms with Crippen molar-refractivity contribution in [3.63, 3.8) is 0 Å². The van der Waals surface area contributed by atoms with Crippen LogP contribution in [0.25, 0.3) is 12.2 Å². The molecule has 0 spiro atoms. The first kappa shape index (κ1) is 36.8. The summed E-state index contributed by atoms with van der Waals surface area (Å²) in [7, 11) is 3.17. The topological polar surface area (TPSA) is 160 Å². The molecular weight excluding hydrogens is 532 g/mol. The second-order valence-electron chi connectivity index (χ2n) is 8.60. The number of aliphatic hydroxyl groups excluding tert-OH is 2. The van der Waals surface area contributed by atoms with Crippen LogP contribution in [0.3, 0.4) is 0 Å². The Hall–Kier alpha value is -4.15. The van der Waals surface area contributed by atoms with Gasteiger partial charge in [0, 0.05) is 12.2 Å². The van der Waals surface area contributed by atoms with E-state index in [0.717, 1.165) is 60.5 Å². The first-order valence-electron chi connectivity index (χ1n) is 13.2. The Bertz CT molecular complexity index is 992. The number of benzene rings is 2. The quantitative estimate of drug-likeness (QED) is 0.184. The Balaban J connectivity index is 0.000000587. The van der Waals surface area contributed by atoms with Crippen LogP contribution in [-0.2, 0) is 19.1 Å². The highest BCUT2D eigenvalue weighted by atomic mass is 16.5. The highest BCUT2D eigenvalue weighted by molar-refractivity contribution is 5.85. The third-order valence-electron chi connectivity index (χ3n) is 5.43. The minimum absolute atomic E-state index is 0.0733. The van der Waals surface area contributed by atoms with Crippen LogP contribution in [0.2, 0.25) is 0 Å². The molecule has 0 amide bonds. The molecule has 0 saturated heterocycles. The summed E-state index contributed by atoms with van der Waals surface area (Å²) in [6, 6.07) is 14.3. The van der Waals surface area contributed by atoms with Crippen LogP contribution >= 0.6 is 0 Å². The predicted molar refractivity (Wildman–Crippen MR) is 157 cm³/mol. The SMILES string of the molecule is CCCCC(CC)C(=O)OCC(O)CO.COc1ccc(C=CC(=O)O)cc1.COc1ccc(C=CC(=O)O)cc1. The molecule has 10 heteroatoms. The van der Waals surface area contributed by atoms with Crippen LogP contribution in [-0.4, -0.2) is 71.9 Å². The smallest absolute Gasteiger partial charge is 0.328 e. The monoisotopic (exact) mass is 574 g/mol. The van der Waals surface area contributed by atoms with Gasteiger partial charge in [-0.2, -0.15) is 0 Å². The number of carboxylic acids is 2. The molecule has 0 heterocycles. The molecule has 0 fully saturated rings. The molecule has 0 bridgehead atoms. The van der Waals surface area contributed by atoms with E-state index in [1.165, 1.54) is 12.2 Å². The van der Waals surface area contributed by atoms with Gasteiger partial charge in [-0.25, -0.2) is 9.59 Å². The second kappa shape index (κ2) is 22.6. The first-order chi connectivity index (χ1) is 19.6. The van der Waals surface area contributed by atoms with Gasteiger partial charge in [-0.1, -0.05) is 51.0 Å². The maximum absolute atomic E-state index is 11.5. The van der Waals surface area contributed by atoms with Gasteiger partial charge in [-0.15, -0.1) is 0 Å². The molecule has 0 radical (unpaired) electrons. The molecule has 0 aliphatic carbocycles. The van der Waals surface area contributed by atoms with E-state index in [1.807, 2.05) is 6.92 Å². The number of carbonyl (C=O) groups excluding carboxylic acids is 1. The van der Waals surface area contributed by atoms with Gasteiger partial charge >= 0.3 is 17.9 Å². The lowest BCUT2D eigenvalue weighted by Gasteiger charge is -2.15. The summed E-state index contributed by atoms with van der Waals surface area (Å²) in [6.07, 6.45) is 7.96. The number of aliphatic carboxylic acids is 2. The zero-order chi connectivity index (χ0) is 31.0. The average Bonchev–Trinajstić information content (AvgIpc) is 2.99. The molecule has 10 nitrogen and oxygen atoms in total. The van der Waals surface area contributed by atoms with Crippen molar-refractivity contribution in [1.82, 2.24) is 0 Å². The van der Waals surface area contributed by atoms with Crippen LogP contribution in [0.1, 0.15) is 50.7 Å². The summed E-state index contributed by atoms with van der Waals surface area (Å²) in [5, 5.41) is 34.3. The summed E-state index contributed by atoms with van der Waals surface area (Å²) in [4.78, 5) is 31.9. The number of carbonyl (C=O) groups is 3. The van der Waals surface area contributed by atoms with Gasteiger partial charge in [-0.05, 0) is 60.4 Å². The zero-order valence-corrected chi connectivity index (χ0v) is 24.1. The number of unbranched alkanes of at least 4 members (excludes halogenated alkanes) is 1. The van der Waals surface area contributed by atoms with Crippen LogP contribution < -0.4 is 9.47 Å². The summed E-state index contributed by atoms with van der Waals surface area (Å²) in [5.41, 5.74) is 1.67. The Morgan fingerprint density at radius 3 is 1.56 bits per heavy atom. The van der Waals surface area contributed by atoms with Gasteiger partial charge in [0.2, 0.25) is 0 Å². The predicted octanol–water partition coefficient (Wildman–Crippen LogP) is 4.69. The molecule has 0 aromatic heterocycles. The molecule has 2 rings (SSSR count). The van der Waals surface area contributed by atoms with Crippen molar-refractivity contribution < 1.29 is 49.0 Å². The zero-order valence-electron chi connectivity index (χ0n) is 24.1. The van der Waals surface area contributed by atoms with Gasteiger partial charge in [0.05, 0.1) is 26.7 Å². The van der Waals surface area contributed by atoms with E-state index in [2.05, 4.69) is 6.92 Å². The minimum Gasteiger partial charge on any atom is -0.497 e. The third-order valence-corrected chi connectivity index (χ3v) is 5.43. The fourth-order valence-electron chi connectivity index (χ4n) is 3.05. The Morgan fingerprint density at radius 2 is 1.24 bits per heavy atom. The number of hydrogen-bond acceptors (Lipinski definition) is 8. The van der Waals surface area contributed by atoms with E-state index in [4.69, 9.17) is 34.6 Å². The molecule has 0 aliphatic rings. The van der Waals surface area contributed by atoms with Crippen LogP contribution in [0.4, 0.5) is 0 Å². The molecule has 2 unspecified atom stereocenters. The summed E-state index contributed by atoms with van der Waals surface area (Å²) in [5.74, 6) is -0.721. The fourth-order valence-corrected chi connectivity index (χ4v) is 3.05. The van der Waals surface area contributed by atoms with E-state index in [0.29, 0.717) is 0 Å². The Morgan fingerprint density at radius 1 is 0.805 bits per heavy atom. The lowest BCUT2D eigenvalue weighted by atomic mass is 10.00. The Labute approximate surface area is 241 Å². The number of methoxy groups -OCH3 is 2. The summed E-state index contributed by atoms with van der Waals surface area (Å²) < 4.78 is 14.8. The van der Waals surface area contributed by atoms with E-state index in [9.17, 15) is 14.4 Å². The van der Waals surface area contributed by atoms with Crippen molar-refractivity contribution in [2.24, 2.45) is 5.92 Å². The number of hydrogen-bond donors (Lipinski definition) is 4. The van der Waals surface area contributed by atoms with Crippen LogP contribution in [0, 0.1) is 5.92 Å². The van der Waals surface area contributed by atoms with E-state index in [1.54, 1.807) is 62.8 Å². The van der Waals surface area contributed by atoms with Crippen molar-refractivity contribution >= 4 is 30.1 Å². The molecule has 2 atom stereocenters. The molecule has 0 saturated carbocycles. The normalized spacial score (nSPS) is 11.9. The van der Waals surface area contributed by atoms with Crippen molar-refractivity contribution in [3.05, 3.63) is 71.8 Å². The number of esters is 1. The lowest BCUT2D eigenvalue weighted by Crippen LogP contribution is -2.25. The summed E-state index contributed by atoms with van der Waals surface area (Å²) >= 11 is 0. The van der Waals surface area contributed by atoms with Crippen LogP contribution in [0.15, 0.2) is 60.7 Å². The standard InChI is InChI=1S/C11H22O4.2C10H10O3/c1-3-5-6-9(4-2)11(14)15-8-10(13)7-12;2*1-13-9-5-2-8(3-6-9)4-7-10(11)12/h9-10,12-13H,3-8H2,1-2H3;2*2-7H,1H3,(H,11,12). The number of ether oxygens (including phenoxy) is 3. The van der Waals surface area contributed by atoms with Gasteiger partial charge in [0.1, 0.15) is 24.2 Å². The highest BCUT2D eigenvalue weighted by Crippen LogP contribution is 2.15. The molecule has 4 N–H and O–H groups in total. The minimum atomic E-state index is -0.961. The Kier molecular flexibility index (Phi) is 20.4. The molecule has 2 aromatic carbocycles. The molecule has 2 aromatic rings. The van der Waals surface area contributed by atoms with E-state index >= 15 is 0 Å². The number of rotatable bonds is 14. The largest absolute Gasteiger partial charge is 0.497 e. The molecular formula is C31H42O10. The van der Waals surface area contributed by atoms with E-state index < -0.39 is 18.0 Å². The van der Waals surface area contributed by atoms with Gasteiger partial charge in [-0.3, -0.25) is 4.79 Å². The molecule has 0 aliphatic heterocycles. The maximum Gasteiger partial charge on any atom is 0.328 e. The average molecular weight is 575 g/mol. The van der Waals surface area contributed by atoms with Gasteiger partial charge < -0.3 is 34.6 Å². The first-order valence-corrected chi connectivity index (χ1v) is 13.2. The van der Waals surface area contributed by atoms with Gasteiger partial charge in [0.15, 0.2) is 0 Å². The second-order valence-corrected chi connectivity index (χ2v) is 8.60. The maximum atomic E-state index is 11.5. The fraction of sp³-hybridized carbons (Fsp3) is 0.387. The molecule has 41 heavy (non-hydrogen) atoms. The van der Waals surface area contributed by atoms with Gasteiger partial charge in [0.25, 0.3) is 0 Å². The lowest BCUT2D eigenvalue weighted by molar-refractivity contribution is -0.152. The van der Waals surface area contributed by atoms with Crippen molar-refractivity contribution in [3.8, 4) is 11.5 Å². The van der Waals surface area contributed by atoms with Crippen molar-refractivity contribution in [2.75, 3.05) is 27.4 Å². The van der Waals surface area contributed by atoms with Crippen molar-refractivity contribution in [2.45, 2.75) is 45.6 Å². The van der Waals surface area contributed by atoms with Crippen molar-refractivity contribution in [1.29, 1.82) is 0 Å². The van der Waals surface area contributed by atoms with Crippen LogP contribution in [0.5, 0.6) is 11.5 Å². The third kappa shape index (κ3) is 18.7. The molecule has 226 valence electrons. The van der Waals surface area contributed by atoms with E-state index in [-0.39, 0.29) is 25.1 Å².